The number of carbonyl (C=O) groups is 1. The van der Waals surface area contributed by atoms with Crippen LogP contribution in [0.5, 0.6) is 5.75 Å². The van der Waals surface area contributed by atoms with E-state index in [1.165, 1.54) is 5.48 Å². The van der Waals surface area contributed by atoms with Gasteiger partial charge in [-0.2, -0.15) is 31.3 Å². The maximum absolute atomic E-state index is 13.4. The number of amides is 1. The van der Waals surface area contributed by atoms with E-state index in [4.69, 9.17) is 9.57 Å². The number of hydrogen-bond acceptors (Lipinski definition) is 4. The third kappa shape index (κ3) is 6.76. The zero-order valence-electron chi connectivity index (χ0n) is 20.8. The van der Waals surface area contributed by atoms with Crippen molar-refractivity contribution in [2.24, 2.45) is 12.0 Å². The summed E-state index contributed by atoms with van der Waals surface area (Å²) in [6, 6.07) is 3.46. The molecular formula is C24H28F6N4O3. The Hall–Kier alpha value is -3.22. The predicted octanol–water partition coefficient (Wildman–Crippen LogP) is 5.02. The van der Waals surface area contributed by atoms with Crippen molar-refractivity contribution in [1.82, 2.24) is 14.8 Å². The van der Waals surface area contributed by atoms with E-state index >= 15 is 0 Å². The molecule has 0 saturated carbocycles. The van der Waals surface area contributed by atoms with Crippen molar-refractivity contribution in [1.29, 1.82) is 0 Å². The van der Waals surface area contributed by atoms with Crippen molar-refractivity contribution < 1.29 is 40.7 Å². The van der Waals surface area contributed by atoms with Crippen molar-refractivity contribution in [2.45, 2.75) is 64.0 Å². The molecule has 1 N–H and O–H groups in total. The molecule has 1 aromatic carbocycles. The molecule has 1 atom stereocenters. The smallest absolute Gasteiger partial charge is 0.381 e. The molecule has 1 aliphatic heterocycles. The quantitative estimate of drug-likeness (QED) is 0.418. The lowest BCUT2D eigenvalue weighted by molar-refractivity contribution is -0.137. The van der Waals surface area contributed by atoms with Crippen LogP contribution in [0.2, 0.25) is 0 Å². The summed E-state index contributed by atoms with van der Waals surface area (Å²) in [5, 5.41) is 0. The second-order valence-electron chi connectivity index (χ2n) is 9.68. The monoisotopic (exact) mass is 534 g/mol. The molecule has 0 spiro atoms. The van der Waals surface area contributed by atoms with E-state index in [1.54, 1.807) is 22.5 Å². The average molecular weight is 535 g/mol. The van der Waals surface area contributed by atoms with Crippen LogP contribution in [0, 0.1) is 0 Å². The summed E-state index contributed by atoms with van der Waals surface area (Å²) in [6.45, 7) is 9.55. The first-order valence-electron chi connectivity index (χ1n) is 11.4. The molecule has 1 aliphatic rings. The molecule has 2 heterocycles. The van der Waals surface area contributed by atoms with E-state index in [1.807, 2.05) is 20.8 Å². The van der Waals surface area contributed by atoms with Gasteiger partial charge >= 0.3 is 12.4 Å². The second-order valence-corrected chi connectivity index (χ2v) is 9.68. The van der Waals surface area contributed by atoms with E-state index in [2.05, 4.69) is 11.6 Å². The molecule has 1 aromatic heterocycles. The fourth-order valence-electron chi connectivity index (χ4n) is 3.86. The van der Waals surface area contributed by atoms with Gasteiger partial charge in [0.15, 0.2) is 11.2 Å². The third-order valence-electron chi connectivity index (χ3n) is 5.79. The zero-order valence-corrected chi connectivity index (χ0v) is 20.8. The Morgan fingerprint density at radius 1 is 1.19 bits per heavy atom. The van der Waals surface area contributed by atoms with E-state index in [-0.39, 0.29) is 17.0 Å². The van der Waals surface area contributed by atoms with Crippen LogP contribution in [0.3, 0.4) is 0 Å². The molecule has 204 valence electrons. The molecule has 3 rings (SSSR count). The Morgan fingerprint density at radius 3 is 2.41 bits per heavy atom. The van der Waals surface area contributed by atoms with Gasteiger partial charge in [0, 0.05) is 30.8 Å². The van der Waals surface area contributed by atoms with Crippen molar-refractivity contribution >= 4 is 5.91 Å². The van der Waals surface area contributed by atoms with E-state index in [0.29, 0.717) is 25.3 Å². The first-order chi connectivity index (χ1) is 17.0. The van der Waals surface area contributed by atoms with Crippen molar-refractivity contribution in [2.75, 3.05) is 6.61 Å². The number of ether oxygens (including phenoxy) is 1. The summed E-state index contributed by atoms with van der Waals surface area (Å²) < 4.78 is 87.6. The number of benzene rings is 1. The maximum atomic E-state index is 13.4. The van der Waals surface area contributed by atoms with Crippen LogP contribution >= 0.6 is 0 Å². The zero-order chi connectivity index (χ0) is 27.8. The molecular weight excluding hydrogens is 506 g/mol. The Morgan fingerprint density at radius 2 is 1.86 bits per heavy atom. The highest BCUT2D eigenvalue weighted by molar-refractivity contribution is 5.97. The lowest BCUT2D eigenvalue weighted by atomic mass is 9.92. The predicted molar refractivity (Wildman–Crippen MR) is 121 cm³/mol. The number of halogens is 6. The Labute approximate surface area is 209 Å². The van der Waals surface area contributed by atoms with Gasteiger partial charge in [-0.1, -0.05) is 27.4 Å². The number of hydrogen-bond donors (Lipinski definition) is 1. The summed E-state index contributed by atoms with van der Waals surface area (Å²) in [6.07, 6.45) is -8.17. The molecule has 1 fully saturated rings. The third-order valence-corrected chi connectivity index (χ3v) is 5.79. The fourth-order valence-corrected chi connectivity index (χ4v) is 3.86. The van der Waals surface area contributed by atoms with Crippen LogP contribution in [0.25, 0.3) is 0 Å². The van der Waals surface area contributed by atoms with Crippen LogP contribution in [-0.4, -0.2) is 34.2 Å². The molecule has 0 radical (unpaired) electrons. The highest BCUT2D eigenvalue weighted by Crippen LogP contribution is 2.33. The van der Waals surface area contributed by atoms with Gasteiger partial charge in [0.2, 0.25) is 0 Å². The first-order valence-corrected chi connectivity index (χ1v) is 11.4. The number of rotatable bonds is 6. The van der Waals surface area contributed by atoms with Crippen molar-refractivity contribution in [3.05, 3.63) is 58.8 Å². The lowest BCUT2D eigenvalue weighted by Gasteiger charge is -2.21. The van der Waals surface area contributed by atoms with Crippen LogP contribution in [0.15, 0.2) is 41.5 Å². The van der Waals surface area contributed by atoms with Crippen molar-refractivity contribution in [3.8, 4) is 5.75 Å². The largest absolute Gasteiger partial charge is 0.433 e. The first kappa shape index (κ1) is 28.4. The highest BCUT2D eigenvalue weighted by atomic mass is 19.4. The van der Waals surface area contributed by atoms with Gasteiger partial charge in [0.25, 0.3) is 5.91 Å². The molecule has 2 aromatic rings. The summed E-state index contributed by atoms with van der Waals surface area (Å²) in [4.78, 5) is 22.1. The topological polar surface area (TPSA) is 69.8 Å². The van der Waals surface area contributed by atoms with Gasteiger partial charge in [-0.15, -0.1) is 0 Å². The second kappa shape index (κ2) is 10.3. The number of allylic oxidation sites excluding steroid dienone is 1. The van der Waals surface area contributed by atoms with Gasteiger partial charge in [0.1, 0.15) is 5.70 Å². The van der Waals surface area contributed by atoms with Crippen LogP contribution in [0.4, 0.5) is 26.3 Å². The van der Waals surface area contributed by atoms with Crippen LogP contribution < -0.4 is 15.8 Å². The van der Waals surface area contributed by atoms with Crippen LogP contribution in [-0.2, 0) is 29.9 Å². The van der Waals surface area contributed by atoms with Crippen molar-refractivity contribution in [3.63, 3.8) is 0 Å². The number of nitrogens with one attached hydrogen (secondary N) is 1. The molecule has 1 saturated heterocycles. The normalized spacial score (nSPS) is 17.2. The van der Waals surface area contributed by atoms with Gasteiger partial charge in [-0.3, -0.25) is 14.2 Å². The fraction of sp³-hybridized carbons (Fsp3) is 0.500. The highest BCUT2D eigenvalue weighted by Gasteiger charge is 2.34. The molecule has 7 nitrogen and oxygen atoms in total. The number of hydroxylamine groups is 1. The molecule has 0 aliphatic carbocycles. The van der Waals surface area contributed by atoms with E-state index in [9.17, 15) is 31.1 Å². The average Bonchev–Trinajstić information content (AvgIpc) is 3.39. The molecule has 1 amide bonds. The summed E-state index contributed by atoms with van der Waals surface area (Å²) in [5.41, 5.74) is -1.26. The molecule has 37 heavy (non-hydrogen) atoms. The minimum atomic E-state index is -4.87. The molecule has 0 bridgehead atoms. The van der Waals surface area contributed by atoms with Gasteiger partial charge in [0.05, 0.1) is 23.8 Å². The number of alkyl halides is 6. The van der Waals surface area contributed by atoms with Gasteiger partial charge < -0.3 is 9.57 Å². The van der Waals surface area contributed by atoms with E-state index < -0.39 is 40.8 Å². The summed E-state index contributed by atoms with van der Waals surface area (Å²) in [7, 11) is 1.77. The van der Waals surface area contributed by atoms with Crippen LogP contribution in [0.1, 0.15) is 55.2 Å². The maximum Gasteiger partial charge on any atom is 0.433 e. The molecule has 0 unspecified atom stereocenters. The van der Waals surface area contributed by atoms with Gasteiger partial charge in [-0.05, 0) is 31.0 Å². The van der Waals surface area contributed by atoms with E-state index in [0.717, 1.165) is 24.6 Å². The summed E-state index contributed by atoms with van der Waals surface area (Å²) >= 11 is 0. The minimum Gasteiger partial charge on any atom is -0.381 e. The number of nitrogens with zero attached hydrogens (tertiary/aromatic N) is 3. The Kier molecular flexibility index (Phi) is 7.87. The van der Waals surface area contributed by atoms with Gasteiger partial charge in [-0.25, -0.2) is 5.48 Å². The minimum absolute atomic E-state index is 0.138. The standard InChI is InChI=1S/C24H28F6N4O3/c1-14(23(25,26)27)32-37-18-9-8-15(24(28,29)30)11-17(18)21(35)31-20-12-19(22(2,3)4)33(5)34(20)13-16-7-6-10-36-16/h8-9,11-12,16,32H,1,6-7,10,13H2,2-5H3/t16-/m1/s1. The summed E-state index contributed by atoms with van der Waals surface area (Å²) in [5.74, 6) is -1.71. The Bertz CT molecular complexity index is 1230. The Balaban J connectivity index is 2.09. The number of aromatic nitrogens is 2. The number of carbonyl (C=O) groups excluding carboxylic acids is 1. The SMILES string of the molecule is C=C(NOc1ccc(C(F)(F)F)cc1C(=O)N=c1cc(C(C)(C)C)n(C)n1C[C@H]1CCCO1)C(F)(F)F. The lowest BCUT2D eigenvalue weighted by Crippen LogP contribution is -2.30. The molecule has 13 heteroatoms.